The topological polar surface area (TPSA) is 61.4 Å². The molecule has 2 saturated heterocycles. The largest absolute Gasteiger partial charge is 0.382 e. The highest BCUT2D eigenvalue weighted by Crippen LogP contribution is 2.21. The fourth-order valence-electron chi connectivity index (χ4n) is 4.04. The summed E-state index contributed by atoms with van der Waals surface area (Å²) in [4.78, 5) is 26.4. The molecule has 26 heavy (non-hydrogen) atoms. The van der Waals surface area contributed by atoms with E-state index in [-0.39, 0.29) is 23.9 Å². The van der Waals surface area contributed by atoms with Gasteiger partial charge in [-0.3, -0.25) is 9.59 Å². The van der Waals surface area contributed by atoms with Crippen molar-refractivity contribution in [1.29, 1.82) is 0 Å². The summed E-state index contributed by atoms with van der Waals surface area (Å²) in [6.45, 7) is 5.87. The summed E-state index contributed by atoms with van der Waals surface area (Å²) >= 11 is 0. The average molecular weight is 357 g/mol. The summed E-state index contributed by atoms with van der Waals surface area (Å²) in [6, 6.07) is 6.53. The second kappa shape index (κ2) is 8.56. The third-order valence-corrected chi connectivity index (χ3v) is 5.48. The summed E-state index contributed by atoms with van der Waals surface area (Å²) in [5, 5.41) is 6.58. The Morgan fingerprint density at radius 3 is 2.77 bits per heavy atom. The number of hydrogen-bond donors (Lipinski definition) is 2. The lowest BCUT2D eigenvalue weighted by Crippen LogP contribution is -2.41. The number of benzene rings is 1. The van der Waals surface area contributed by atoms with Gasteiger partial charge in [0, 0.05) is 42.8 Å². The highest BCUT2D eigenvalue weighted by Gasteiger charge is 2.22. The minimum absolute atomic E-state index is 0.151. The van der Waals surface area contributed by atoms with Crippen LogP contribution in [0.5, 0.6) is 0 Å². The molecule has 0 saturated carbocycles. The number of rotatable bonds is 5. The molecule has 0 bridgehead atoms. The first-order chi connectivity index (χ1) is 12.5. The van der Waals surface area contributed by atoms with E-state index in [9.17, 15) is 9.59 Å². The van der Waals surface area contributed by atoms with Crippen molar-refractivity contribution in [3.05, 3.63) is 29.3 Å². The number of nitrogens with zero attached hydrogens (tertiary/aromatic N) is 1. The molecular weight excluding hydrogens is 326 g/mol. The molecule has 0 aromatic heterocycles. The molecule has 1 aromatic carbocycles. The Hall–Kier alpha value is -2.04. The molecule has 2 N–H and O–H groups in total. The number of hydrogen-bond acceptors (Lipinski definition) is 3. The molecule has 142 valence electrons. The van der Waals surface area contributed by atoms with Gasteiger partial charge in [-0.15, -0.1) is 0 Å². The molecule has 2 aliphatic rings. The van der Waals surface area contributed by atoms with Crippen LogP contribution in [0.1, 0.15) is 67.8 Å². The highest BCUT2D eigenvalue weighted by molar-refractivity contribution is 5.96. The zero-order valence-corrected chi connectivity index (χ0v) is 16.0. The van der Waals surface area contributed by atoms with Gasteiger partial charge in [0.25, 0.3) is 5.91 Å². The van der Waals surface area contributed by atoms with Crippen molar-refractivity contribution in [3.8, 4) is 0 Å². The second-order valence-electron chi connectivity index (χ2n) is 7.82. The minimum Gasteiger partial charge on any atom is -0.382 e. The molecule has 2 atom stereocenters. The Balaban J connectivity index is 1.62. The van der Waals surface area contributed by atoms with Crippen LogP contribution in [0, 0.1) is 6.92 Å². The molecule has 2 unspecified atom stereocenters. The minimum atomic E-state index is 0.151. The third kappa shape index (κ3) is 4.77. The maximum Gasteiger partial charge on any atom is 0.254 e. The standard InChI is InChI=1S/C21H31N3O2/c1-15-9-10-18(14-19(15)21(26)24-11-4-3-5-12-24)22-16(2)13-17-7-6-8-20(25)23-17/h9-10,14,16-17,22H,3-8,11-13H2,1-2H3,(H,23,25). The highest BCUT2D eigenvalue weighted by atomic mass is 16.2. The van der Waals surface area contributed by atoms with Crippen LogP contribution in [0.4, 0.5) is 5.69 Å². The van der Waals surface area contributed by atoms with Crippen LogP contribution in [0.15, 0.2) is 18.2 Å². The van der Waals surface area contributed by atoms with Crippen LogP contribution in [-0.2, 0) is 4.79 Å². The van der Waals surface area contributed by atoms with Crippen LogP contribution in [0.2, 0.25) is 0 Å². The van der Waals surface area contributed by atoms with Crippen molar-refractivity contribution in [2.45, 2.75) is 70.9 Å². The SMILES string of the molecule is Cc1ccc(NC(C)CC2CCCC(=O)N2)cc1C(=O)N1CCCCC1. The van der Waals surface area contributed by atoms with Crippen molar-refractivity contribution >= 4 is 17.5 Å². The lowest BCUT2D eigenvalue weighted by atomic mass is 9.98. The van der Waals surface area contributed by atoms with Crippen molar-refractivity contribution in [1.82, 2.24) is 10.2 Å². The molecule has 2 amide bonds. The zero-order valence-electron chi connectivity index (χ0n) is 16.0. The third-order valence-electron chi connectivity index (χ3n) is 5.48. The van der Waals surface area contributed by atoms with Gasteiger partial charge in [-0.25, -0.2) is 0 Å². The van der Waals surface area contributed by atoms with E-state index >= 15 is 0 Å². The van der Waals surface area contributed by atoms with Gasteiger partial charge < -0.3 is 15.5 Å². The second-order valence-corrected chi connectivity index (χ2v) is 7.82. The molecule has 0 radical (unpaired) electrons. The lowest BCUT2D eigenvalue weighted by molar-refractivity contribution is -0.123. The maximum absolute atomic E-state index is 12.9. The molecule has 2 heterocycles. The van der Waals surface area contributed by atoms with E-state index in [1.807, 2.05) is 30.0 Å². The molecule has 0 aliphatic carbocycles. The summed E-state index contributed by atoms with van der Waals surface area (Å²) in [5.74, 6) is 0.316. The molecule has 1 aromatic rings. The molecule has 5 heteroatoms. The molecule has 5 nitrogen and oxygen atoms in total. The van der Waals surface area contributed by atoms with Crippen LogP contribution >= 0.6 is 0 Å². The van der Waals surface area contributed by atoms with Crippen LogP contribution < -0.4 is 10.6 Å². The van der Waals surface area contributed by atoms with E-state index in [0.717, 1.165) is 62.0 Å². The van der Waals surface area contributed by atoms with Gasteiger partial charge in [0.2, 0.25) is 5.91 Å². The van der Waals surface area contributed by atoms with Crippen LogP contribution in [0.3, 0.4) is 0 Å². The normalized spacial score (nSPS) is 21.8. The maximum atomic E-state index is 12.9. The first-order valence-electron chi connectivity index (χ1n) is 9.99. The number of carbonyl (C=O) groups is 2. The Morgan fingerprint density at radius 1 is 1.27 bits per heavy atom. The predicted octanol–water partition coefficient (Wildman–Crippen LogP) is 3.48. The summed E-state index contributed by atoms with van der Waals surface area (Å²) in [6.07, 6.45) is 7.00. The smallest absolute Gasteiger partial charge is 0.254 e. The van der Waals surface area contributed by atoms with Crippen molar-refractivity contribution in [2.24, 2.45) is 0 Å². The van der Waals surface area contributed by atoms with Gasteiger partial charge in [0.05, 0.1) is 0 Å². The van der Waals surface area contributed by atoms with Crippen molar-refractivity contribution in [2.75, 3.05) is 18.4 Å². The zero-order chi connectivity index (χ0) is 18.5. The van der Waals surface area contributed by atoms with Gasteiger partial charge in [-0.2, -0.15) is 0 Å². The Bertz CT molecular complexity index is 653. The summed E-state index contributed by atoms with van der Waals surface area (Å²) in [7, 11) is 0. The fourth-order valence-corrected chi connectivity index (χ4v) is 4.04. The predicted molar refractivity (Wildman–Crippen MR) is 104 cm³/mol. The number of carbonyl (C=O) groups excluding carboxylic acids is 2. The van der Waals surface area contributed by atoms with E-state index in [2.05, 4.69) is 17.6 Å². The van der Waals surface area contributed by atoms with E-state index in [1.165, 1.54) is 6.42 Å². The molecule has 3 rings (SSSR count). The van der Waals surface area contributed by atoms with Crippen LogP contribution in [-0.4, -0.2) is 41.9 Å². The Morgan fingerprint density at radius 2 is 2.04 bits per heavy atom. The van der Waals surface area contributed by atoms with Gasteiger partial charge >= 0.3 is 0 Å². The molecule has 2 fully saturated rings. The van der Waals surface area contributed by atoms with E-state index < -0.39 is 0 Å². The van der Waals surface area contributed by atoms with Crippen LogP contribution in [0.25, 0.3) is 0 Å². The van der Waals surface area contributed by atoms with Crippen molar-refractivity contribution < 1.29 is 9.59 Å². The van der Waals surface area contributed by atoms with Crippen molar-refractivity contribution in [3.63, 3.8) is 0 Å². The van der Waals surface area contributed by atoms with Gasteiger partial charge in [0.15, 0.2) is 0 Å². The molecule has 0 spiro atoms. The number of aryl methyl sites for hydroxylation is 1. The van der Waals surface area contributed by atoms with E-state index in [4.69, 9.17) is 0 Å². The number of nitrogens with one attached hydrogen (secondary N) is 2. The molecule has 2 aliphatic heterocycles. The Kier molecular flexibility index (Phi) is 6.17. The average Bonchev–Trinajstić information content (AvgIpc) is 2.63. The number of piperidine rings is 2. The van der Waals surface area contributed by atoms with E-state index in [1.54, 1.807) is 0 Å². The molecular formula is C21H31N3O2. The number of amides is 2. The first kappa shape index (κ1) is 18.7. The summed E-state index contributed by atoms with van der Waals surface area (Å²) < 4.78 is 0. The van der Waals surface area contributed by atoms with E-state index in [0.29, 0.717) is 6.42 Å². The van der Waals surface area contributed by atoms with Gasteiger partial charge in [0.1, 0.15) is 0 Å². The number of likely N-dealkylation sites (tertiary alicyclic amines) is 1. The first-order valence-corrected chi connectivity index (χ1v) is 9.99. The Labute approximate surface area is 156 Å². The monoisotopic (exact) mass is 357 g/mol. The fraction of sp³-hybridized carbons (Fsp3) is 0.619. The van der Waals surface area contributed by atoms with Gasteiger partial charge in [-0.1, -0.05) is 6.07 Å². The number of anilines is 1. The van der Waals surface area contributed by atoms with Gasteiger partial charge in [-0.05, 0) is 70.1 Å². The lowest BCUT2D eigenvalue weighted by Gasteiger charge is -2.28. The summed E-state index contributed by atoms with van der Waals surface area (Å²) in [5.41, 5.74) is 2.80. The quantitative estimate of drug-likeness (QED) is 0.848.